The summed E-state index contributed by atoms with van der Waals surface area (Å²) >= 11 is 2.80. The number of hydrogen-bond donors (Lipinski definition) is 1. The number of anilines is 1. The molecule has 0 radical (unpaired) electrons. The Kier molecular flexibility index (Phi) is 5.40. The summed E-state index contributed by atoms with van der Waals surface area (Å²) in [5.41, 5.74) is 0. The fraction of sp³-hybridized carbons (Fsp3) is 0.308. The first-order valence-electron chi connectivity index (χ1n) is 6.12. The predicted molar refractivity (Wildman–Crippen MR) is 83.4 cm³/mol. The van der Waals surface area contributed by atoms with Crippen LogP contribution in [0.15, 0.2) is 28.6 Å². The Balaban J connectivity index is 1.99. The van der Waals surface area contributed by atoms with E-state index in [1.54, 1.807) is 26.2 Å². The standard InChI is InChI=1S/C13H15N3O3S2/c1-8(19-10-7-5-4-6-9(10)18-2)11(17)14-12-15-16-13(20-3)21-12/h4-8H,1-3H3,(H,14,15,17)/t8-/m1/s1. The molecule has 2 rings (SSSR count). The zero-order chi connectivity index (χ0) is 15.2. The minimum atomic E-state index is -0.678. The molecule has 1 amide bonds. The summed E-state index contributed by atoms with van der Waals surface area (Å²) in [5.74, 6) is 0.812. The number of amides is 1. The second-order valence-electron chi connectivity index (χ2n) is 3.98. The fourth-order valence-corrected chi connectivity index (χ4v) is 2.68. The first-order chi connectivity index (χ1) is 10.1. The summed E-state index contributed by atoms with van der Waals surface area (Å²) in [4.78, 5) is 12.1. The molecule has 0 spiro atoms. The largest absolute Gasteiger partial charge is 0.493 e. The molecule has 0 saturated carbocycles. The lowest BCUT2D eigenvalue weighted by atomic mass is 10.3. The highest BCUT2D eigenvalue weighted by Crippen LogP contribution is 2.27. The van der Waals surface area contributed by atoms with Gasteiger partial charge < -0.3 is 9.47 Å². The summed E-state index contributed by atoms with van der Waals surface area (Å²) in [6.07, 6.45) is 1.22. The van der Waals surface area contributed by atoms with Crippen molar-refractivity contribution in [1.29, 1.82) is 0 Å². The van der Waals surface area contributed by atoms with Crippen LogP contribution in [-0.2, 0) is 4.79 Å². The molecule has 0 bridgehead atoms. The van der Waals surface area contributed by atoms with E-state index >= 15 is 0 Å². The van der Waals surface area contributed by atoms with Crippen molar-refractivity contribution in [2.75, 3.05) is 18.7 Å². The number of nitrogens with one attached hydrogen (secondary N) is 1. The average Bonchev–Trinajstić information content (AvgIpc) is 2.95. The molecule has 0 aliphatic heterocycles. The zero-order valence-corrected chi connectivity index (χ0v) is 13.5. The molecule has 1 N–H and O–H groups in total. The van der Waals surface area contributed by atoms with Crippen molar-refractivity contribution in [2.45, 2.75) is 17.4 Å². The highest BCUT2D eigenvalue weighted by Gasteiger charge is 2.18. The maximum Gasteiger partial charge on any atom is 0.266 e. The fourth-order valence-electron chi connectivity index (χ4n) is 1.51. The van der Waals surface area contributed by atoms with Gasteiger partial charge in [-0.1, -0.05) is 35.2 Å². The van der Waals surface area contributed by atoms with Crippen LogP contribution >= 0.6 is 23.1 Å². The molecular weight excluding hydrogens is 310 g/mol. The van der Waals surface area contributed by atoms with Crippen molar-refractivity contribution in [3.8, 4) is 11.5 Å². The number of hydrogen-bond acceptors (Lipinski definition) is 7. The van der Waals surface area contributed by atoms with Crippen LogP contribution in [0.1, 0.15) is 6.92 Å². The lowest BCUT2D eigenvalue weighted by molar-refractivity contribution is -0.122. The maximum absolute atomic E-state index is 12.1. The molecule has 0 saturated heterocycles. The smallest absolute Gasteiger partial charge is 0.266 e. The summed E-state index contributed by atoms with van der Waals surface area (Å²) in [5, 5.41) is 10.9. The third-order valence-corrected chi connectivity index (χ3v) is 4.37. The maximum atomic E-state index is 12.1. The van der Waals surface area contributed by atoms with E-state index in [9.17, 15) is 4.79 Å². The number of rotatable bonds is 6. The number of carbonyl (C=O) groups excluding carboxylic acids is 1. The molecule has 1 heterocycles. The van der Waals surface area contributed by atoms with Gasteiger partial charge in [0.2, 0.25) is 5.13 Å². The SMILES string of the molecule is COc1ccccc1O[C@H](C)C(=O)Nc1nnc(SC)s1. The summed E-state index contributed by atoms with van der Waals surface area (Å²) < 4.78 is 11.6. The first-order valence-corrected chi connectivity index (χ1v) is 8.16. The zero-order valence-electron chi connectivity index (χ0n) is 11.8. The molecule has 0 unspecified atom stereocenters. The number of para-hydroxylation sites is 2. The number of ether oxygens (including phenoxy) is 2. The molecule has 0 fully saturated rings. The minimum absolute atomic E-state index is 0.287. The molecule has 1 aromatic heterocycles. The minimum Gasteiger partial charge on any atom is -0.493 e. The molecule has 8 heteroatoms. The lowest BCUT2D eigenvalue weighted by Crippen LogP contribution is -2.30. The van der Waals surface area contributed by atoms with E-state index in [2.05, 4.69) is 15.5 Å². The van der Waals surface area contributed by atoms with Gasteiger partial charge in [0.25, 0.3) is 5.91 Å². The van der Waals surface area contributed by atoms with Gasteiger partial charge in [-0.05, 0) is 25.3 Å². The van der Waals surface area contributed by atoms with Crippen molar-refractivity contribution in [3.05, 3.63) is 24.3 Å². The van der Waals surface area contributed by atoms with Crippen molar-refractivity contribution in [1.82, 2.24) is 10.2 Å². The van der Waals surface area contributed by atoms with Crippen LogP contribution in [0.2, 0.25) is 0 Å². The molecular formula is C13H15N3O3S2. The number of carbonyl (C=O) groups is 1. The Morgan fingerprint density at radius 3 is 2.67 bits per heavy atom. The van der Waals surface area contributed by atoms with Crippen LogP contribution < -0.4 is 14.8 Å². The molecule has 2 aromatic rings. The van der Waals surface area contributed by atoms with Gasteiger partial charge >= 0.3 is 0 Å². The molecule has 0 aliphatic carbocycles. The molecule has 1 aromatic carbocycles. The van der Waals surface area contributed by atoms with Gasteiger partial charge in [-0.15, -0.1) is 10.2 Å². The van der Waals surface area contributed by atoms with Gasteiger partial charge in [-0.2, -0.15) is 0 Å². The first kappa shape index (κ1) is 15.6. The Morgan fingerprint density at radius 1 is 1.33 bits per heavy atom. The molecule has 112 valence electrons. The highest BCUT2D eigenvalue weighted by atomic mass is 32.2. The predicted octanol–water partition coefficient (Wildman–Crippen LogP) is 2.67. The topological polar surface area (TPSA) is 73.3 Å². The normalized spacial score (nSPS) is 11.8. The Morgan fingerprint density at radius 2 is 2.05 bits per heavy atom. The monoisotopic (exact) mass is 325 g/mol. The van der Waals surface area contributed by atoms with Crippen LogP contribution in [0.25, 0.3) is 0 Å². The van der Waals surface area contributed by atoms with E-state index in [0.29, 0.717) is 16.6 Å². The van der Waals surface area contributed by atoms with Crippen LogP contribution in [0.3, 0.4) is 0 Å². The number of aromatic nitrogens is 2. The number of methoxy groups -OCH3 is 1. The van der Waals surface area contributed by atoms with Crippen LogP contribution in [0.4, 0.5) is 5.13 Å². The molecule has 6 nitrogen and oxygen atoms in total. The van der Waals surface area contributed by atoms with Gasteiger partial charge in [0.1, 0.15) is 0 Å². The van der Waals surface area contributed by atoms with Crippen molar-refractivity contribution < 1.29 is 14.3 Å². The molecule has 1 atom stereocenters. The van der Waals surface area contributed by atoms with Crippen molar-refractivity contribution in [3.63, 3.8) is 0 Å². The van der Waals surface area contributed by atoms with Gasteiger partial charge in [-0.25, -0.2) is 0 Å². The van der Waals surface area contributed by atoms with Crippen molar-refractivity contribution >= 4 is 34.1 Å². The molecule has 21 heavy (non-hydrogen) atoms. The third-order valence-electron chi connectivity index (χ3n) is 2.55. The van der Waals surface area contributed by atoms with E-state index in [0.717, 1.165) is 4.34 Å². The third kappa shape index (κ3) is 4.08. The van der Waals surface area contributed by atoms with Gasteiger partial charge in [0, 0.05) is 0 Å². The summed E-state index contributed by atoms with van der Waals surface area (Å²) in [6, 6.07) is 7.18. The lowest BCUT2D eigenvalue weighted by Gasteiger charge is -2.15. The highest BCUT2D eigenvalue weighted by molar-refractivity contribution is 8.00. The van der Waals surface area contributed by atoms with E-state index in [1.165, 1.54) is 23.1 Å². The Labute approximate surface area is 130 Å². The second-order valence-corrected chi connectivity index (χ2v) is 6.01. The van der Waals surface area contributed by atoms with Crippen LogP contribution in [0, 0.1) is 0 Å². The van der Waals surface area contributed by atoms with Crippen LogP contribution in [0.5, 0.6) is 11.5 Å². The van der Waals surface area contributed by atoms with Gasteiger partial charge in [0.05, 0.1) is 7.11 Å². The van der Waals surface area contributed by atoms with E-state index in [4.69, 9.17) is 9.47 Å². The number of thioether (sulfide) groups is 1. The quantitative estimate of drug-likeness (QED) is 0.650. The van der Waals surface area contributed by atoms with Gasteiger partial charge in [0.15, 0.2) is 21.9 Å². The van der Waals surface area contributed by atoms with E-state index < -0.39 is 6.10 Å². The number of benzene rings is 1. The van der Waals surface area contributed by atoms with Crippen molar-refractivity contribution in [2.24, 2.45) is 0 Å². The summed E-state index contributed by atoms with van der Waals surface area (Å²) in [6.45, 7) is 1.66. The summed E-state index contributed by atoms with van der Waals surface area (Å²) in [7, 11) is 1.55. The van der Waals surface area contributed by atoms with E-state index in [-0.39, 0.29) is 5.91 Å². The van der Waals surface area contributed by atoms with Gasteiger partial charge in [-0.3, -0.25) is 10.1 Å². The number of nitrogens with zero attached hydrogens (tertiary/aromatic N) is 2. The Bertz CT molecular complexity index is 618. The van der Waals surface area contributed by atoms with Crippen LogP contribution in [-0.4, -0.2) is 35.6 Å². The second kappa shape index (κ2) is 7.28. The Hall–Kier alpha value is -1.80. The average molecular weight is 325 g/mol. The van der Waals surface area contributed by atoms with E-state index in [1.807, 2.05) is 18.4 Å². The molecule has 0 aliphatic rings.